The Bertz CT molecular complexity index is 1150. The fourth-order valence-corrected chi connectivity index (χ4v) is 5.28. The molecule has 29 heavy (non-hydrogen) atoms. The van der Waals surface area contributed by atoms with Crippen LogP contribution in [0.1, 0.15) is 29.9 Å². The lowest BCUT2D eigenvalue weighted by Crippen LogP contribution is -2.30. The summed E-state index contributed by atoms with van der Waals surface area (Å²) in [7, 11) is -1.75. The number of carbonyl (C=O) groups is 1. The fourth-order valence-electron chi connectivity index (χ4n) is 3.34. The van der Waals surface area contributed by atoms with E-state index in [2.05, 4.69) is 21.2 Å². The van der Waals surface area contributed by atoms with Crippen molar-refractivity contribution in [1.29, 1.82) is 0 Å². The van der Waals surface area contributed by atoms with E-state index in [1.54, 1.807) is 35.9 Å². The molecule has 0 aliphatic carbocycles. The fraction of sp³-hybridized carbons (Fsp3) is 0.286. The van der Waals surface area contributed by atoms with Crippen LogP contribution in [0.4, 0.5) is 0 Å². The predicted octanol–water partition coefficient (Wildman–Crippen LogP) is 3.90. The maximum Gasteiger partial charge on any atom is 0.268 e. The maximum atomic E-state index is 12.8. The zero-order chi connectivity index (χ0) is 21.2. The number of carbonyl (C=O) groups excluding carboxylic acids is 1. The number of nitrogens with zero attached hydrogens (tertiary/aromatic N) is 2. The molecule has 1 amide bonds. The van der Waals surface area contributed by atoms with Gasteiger partial charge in [-0.05, 0) is 42.0 Å². The average molecular weight is 478 g/mol. The lowest BCUT2D eigenvalue weighted by molar-refractivity contribution is 0.0943. The van der Waals surface area contributed by atoms with E-state index in [0.717, 1.165) is 15.6 Å². The normalized spacial score (nSPS) is 11.9. The molecule has 8 heteroatoms. The van der Waals surface area contributed by atoms with Crippen LogP contribution in [-0.4, -0.2) is 36.3 Å². The van der Waals surface area contributed by atoms with E-state index < -0.39 is 10.0 Å². The molecule has 2 aromatic carbocycles. The Hall–Kier alpha value is -2.16. The minimum absolute atomic E-state index is 0.211. The summed E-state index contributed by atoms with van der Waals surface area (Å²) in [5.41, 5.74) is 2.27. The number of amides is 1. The molecule has 1 N–H and O–H groups in total. The van der Waals surface area contributed by atoms with Gasteiger partial charge in [0.05, 0.1) is 4.90 Å². The van der Waals surface area contributed by atoms with Gasteiger partial charge in [-0.1, -0.05) is 41.9 Å². The Kier molecular flexibility index (Phi) is 6.45. The molecule has 0 radical (unpaired) electrons. The van der Waals surface area contributed by atoms with Crippen LogP contribution in [0, 0.1) is 0 Å². The van der Waals surface area contributed by atoms with Crippen LogP contribution in [0.5, 0.6) is 0 Å². The molecular weight excluding hydrogens is 454 g/mol. The Morgan fingerprint density at radius 1 is 1.10 bits per heavy atom. The smallest absolute Gasteiger partial charge is 0.268 e. The monoisotopic (exact) mass is 477 g/mol. The second-order valence-electron chi connectivity index (χ2n) is 6.71. The Morgan fingerprint density at radius 2 is 1.83 bits per heavy atom. The summed E-state index contributed by atoms with van der Waals surface area (Å²) in [5, 5.41) is 3.63. The Labute approximate surface area is 179 Å². The van der Waals surface area contributed by atoms with Crippen LogP contribution in [0.25, 0.3) is 10.9 Å². The van der Waals surface area contributed by atoms with Crippen LogP contribution in [0.15, 0.2) is 57.9 Å². The van der Waals surface area contributed by atoms with E-state index in [-0.39, 0.29) is 10.8 Å². The highest BCUT2D eigenvalue weighted by molar-refractivity contribution is 9.10. The van der Waals surface area contributed by atoms with Gasteiger partial charge in [0.1, 0.15) is 5.69 Å². The minimum atomic E-state index is -3.55. The third-order valence-electron chi connectivity index (χ3n) is 4.93. The quantitative estimate of drug-likeness (QED) is 0.560. The van der Waals surface area contributed by atoms with Gasteiger partial charge in [-0.3, -0.25) is 4.79 Å². The summed E-state index contributed by atoms with van der Waals surface area (Å²) < 4.78 is 29.7. The van der Waals surface area contributed by atoms with Crippen molar-refractivity contribution in [3.8, 4) is 0 Å². The van der Waals surface area contributed by atoms with Gasteiger partial charge in [0.2, 0.25) is 10.0 Å². The summed E-state index contributed by atoms with van der Waals surface area (Å²) in [5.74, 6) is -0.211. The van der Waals surface area contributed by atoms with Crippen molar-refractivity contribution in [2.75, 3.05) is 13.1 Å². The van der Waals surface area contributed by atoms with E-state index in [0.29, 0.717) is 30.7 Å². The highest BCUT2D eigenvalue weighted by Gasteiger charge is 2.23. The first-order valence-corrected chi connectivity index (χ1v) is 11.6. The van der Waals surface area contributed by atoms with Crippen LogP contribution in [-0.2, 0) is 23.6 Å². The van der Waals surface area contributed by atoms with E-state index in [4.69, 9.17) is 0 Å². The van der Waals surface area contributed by atoms with Gasteiger partial charge in [-0.15, -0.1) is 0 Å². The van der Waals surface area contributed by atoms with E-state index in [9.17, 15) is 13.2 Å². The van der Waals surface area contributed by atoms with Gasteiger partial charge >= 0.3 is 0 Å². The van der Waals surface area contributed by atoms with Gasteiger partial charge in [-0.25, -0.2) is 8.42 Å². The molecule has 3 aromatic rings. The molecule has 0 spiro atoms. The molecule has 6 nitrogen and oxygen atoms in total. The third kappa shape index (κ3) is 4.39. The second kappa shape index (κ2) is 8.69. The summed E-state index contributed by atoms with van der Waals surface area (Å²) in [6.07, 6.45) is 0. The first-order chi connectivity index (χ1) is 13.8. The van der Waals surface area contributed by atoms with Crippen molar-refractivity contribution in [1.82, 2.24) is 14.2 Å². The summed E-state index contributed by atoms with van der Waals surface area (Å²) >= 11 is 3.42. The highest BCUT2D eigenvalue weighted by atomic mass is 79.9. The first kappa shape index (κ1) is 21.5. The lowest BCUT2D eigenvalue weighted by atomic mass is 10.2. The number of hydrogen-bond acceptors (Lipinski definition) is 3. The molecule has 0 aliphatic heterocycles. The summed E-state index contributed by atoms with van der Waals surface area (Å²) in [6, 6.07) is 14.4. The van der Waals surface area contributed by atoms with Gasteiger partial charge < -0.3 is 9.88 Å². The van der Waals surface area contributed by atoms with E-state index >= 15 is 0 Å². The van der Waals surface area contributed by atoms with Crippen LogP contribution in [0.3, 0.4) is 0 Å². The number of benzene rings is 2. The van der Waals surface area contributed by atoms with Crippen molar-refractivity contribution >= 4 is 42.8 Å². The predicted molar refractivity (Wildman–Crippen MR) is 118 cm³/mol. The molecule has 0 unspecified atom stereocenters. The highest BCUT2D eigenvalue weighted by Crippen LogP contribution is 2.24. The second-order valence-corrected chi connectivity index (χ2v) is 9.56. The minimum Gasteiger partial charge on any atom is -0.347 e. The van der Waals surface area contributed by atoms with Crippen LogP contribution in [0.2, 0.25) is 0 Å². The van der Waals surface area contributed by atoms with Crippen molar-refractivity contribution in [2.24, 2.45) is 7.05 Å². The number of hydrogen-bond donors (Lipinski definition) is 1. The SMILES string of the molecule is CCN(CC)S(=O)(=O)c1ccc2c(c1)cc(C(=O)NCc1cccc(Br)c1)n2C. The number of halogens is 1. The van der Waals surface area contributed by atoms with Gasteiger partial charge in [0.15, 0.2) is 0 Å². The zero-order valence-electron chi connectivity index (χ0n) is 16.6. The van der Waals surface area contributed by atoms with Crippen molar-refractivity contribution in [2.45, 2.75) is 25.3 Å². The standard InChI is InChI=1S/C21H24BrN3O3S/c1-4-25(5-2)29(27,28)18-9-10-19-16(12-18)13-20(24(19)3)21(26)23-14-15-7-6-8-17(22)11-15/h6-13H,4-5,14H2,1-3H3,(H,23,26). The number of sulfonamides is 1. The largest absolute Gasteiger partial charge is 0.347 e. The van der Waals surface area contributed by atoms with Crippen molar-refractivity contribution in [3.63, 3.8) is 0 Å². The molecule has 0 aliphatic rings. The van der Waals surface area contributed by atoms with Gasteiger partial charge in [-0.2, -0.15) is 4.31 Å². The number of fused-ring (bicyclic) bond motifs is 1. The number of rotatable bonds is 7. The molecule has 154 valence electrons. The third-order valence-corrected chi connectivity index (χ3v) is 7.47. The lowest BCUT2D eigenvalue weighted by Gasteiger charge is -2.18. The molecule has 0 bridgehead atoms. The molecule has 0 saturated carbocycles. The topological polar surface area (TPSA) is 71.4 Å². The number of aryl methyl sites for hydroxylation is 1. The zero-order valence-corrected chi connectivity index (χ0v) is 19.0. The number of nitrogens with one attached hydrogen (secondary N) is 1. The van der Waals surface area contributed by atoms with E-state index in [1.807, 2.05) is 38.1 Å². The molecule has 1 heterocycles. The average Bonchev–Trinajstić information content (AvgIpc) is 3.03. The van der Waals surface area contributed by atoms with Gasteiger partial charge in [0, 0.05) is 42.1 Å². The molecule has 1 aromatic heterocycles. The van der Waals surface area contributed by atoms with Crippen molar-refractivity contribution < 1.29 is 13.2 Å². The van der Waals surface area contributed by atoms with E-state index in [1.165, 1.54) is 4.31 Å². The number of aromatic nitrogens is 1. The summed E-state index contributed by atoms with van der Waals surface area (Å²) in [4.78, 5) is 12.9. The first-order valence-electron chi connectivity index (χ1n) is 9.40. The molecular formula is C21H24BrN3O3S. The molecule has 3 rings (SSSR count). The molecule has 0 saturated heterocycles. The van der Waals surface area contributed by atoms with Crippen molar-refractivity contribution in [3.05, 3.63) is 64.3 Å². The van der Waals surface area contributed by atoms with Crippen LogP contribution < -0.4 is 5.32 Å². The molecule has 0 fully saturated rings. The van der Waals surface area contributed by atoms with Crippen LogP contribution >= 0.6 is 15.9 Å². The Balaban J connectivity index is 1.88. The summed E-state index contributed by atoms with van der Waals surface area (Å²) in [6.45, 7) is 4.86. The van der Waals surface area contributed by atoms with Gasteiger partial charge in [0.25, 0.3) is 5.91 Å². The Morgan fingerprint density at radius 3 is 2.48 bits per heavy atom. The maximum absolute atomic E-state index is 12.8. The molecule has 0 atom stereocenters.